The van der Waals surface area contributed by atoms with Crippen LogP contribution in [0.4, 0.5) is 5.69 Å². The van der Waals surface area contributed by atoms with Crippen LogP contribution in [0.2, 0.25) is 5.15 Å². The molecule has 2 rings (SSSR count). The van der Waals surface area contributed by atoms with E-state index in [0.29, 0.717) is 19.5 Å². The van der Waals surface area contributed by atoms with Gasteiger partial charge >= 0.3 is 0 Å². The van der Waals surface area contributed by atoms with Gasteiger partial charge in [0.25, 0.3) is 11.6 Å². The largest absolute Gasteiger partial charge is 0.352 e. The Morgan fingerprint density at radius 1 is 1.57 bits per heavy atom. The summed E-state index contributed by atoms with van der Waals surface area (Å²) in [5.41, 5.74) is -0.476. The highest BCUT2D eigenvalue weighted by molar-refractivity contribution is 6.29. The van der Waals surface area contributed by atoms with Crippen molar-refractivity contribution in [2.24, 2.45) is 0 Å². The maximum Gasteiger partial charge on any atom is 0.300 e. The molecule has 1 fully saturated rings. The van der Waals surface area contributed by atoms with Crippen molar-refractivity contribution in [3.05, 3.63) is 33.1 Å². The van der Waals surface area contributed by atoms with Crippen molar-refractivity contribution >= 4 is 29.1 Å². The SMILES string of the molecule is CC(=O)NC1CCN(C(=O)c2cc(Cl)ncc2[N+](=O)[O-])C1. The Labute approximate surface area is 125 Å². The monoisotopic (exact) mass is 312 g/mol. The van der Waals surface area contributed by atoms with Crippen molar-refractivity contribution in [2.75, 3.05) is 13.1 Å². The Kier molecular flexibility index (Phi) is 4.37. The maximum atomic E-state index is 12.4. The third kappa shape index (κ3) is 3.46. The van der Waals surface area contributed by atoms with Crippen LogP contribution in [0.15, 0.2) is 12.3 Å². The number of hydrogen-bond acceptors (Lipinski definition) is 5. The summed E-state index contributed by atoms with van der Waals surface area (Å²) in [5, 5.41) is 13.7. The molecule has 112 valence electrons. The minimum absolute atomic E-state index is 0.0153. The van der Waals surface area contributed by atoms with Crippen molar-refractivity contribution in [1.29, 1.82) is 0 Å². The molecule has 0 aromatic carbocycles. The van der Waals surface area contributed by atoms with Crippen LogP contribution in [0.5, 0.6) is 0 Å². The van der Waals surface area contributed by atoms with Crippen molar-refractivity contribution in [3.8, 4) is 0 Å². The van der Waals surface area contributed by atoms with E-state index in [2.05, 4.69) is 10.3 Å². The third-order valence-corrected chi connectivity index (χ3v) is 3.37. The molecule has 2 heterocycles. The first kappa shape index (κ1) is 15.2. The fourth-order valence-corrected chi connectivity index (χ4v) is 2.42. The Morgan fingerprint density at radius 2 is 2.29 bits per heavy atom. The van der Waals surface area contributed by atoms with E-state index < -0.39 is 10.8 Å². The van der Waals surface area contributed by atoms with Gasteiger partial charge in [0.05, 0.1) is 4.92 Å². The molecular weight excluding hydrogens is 300 g/mol. The lowest BCUT2D eigenvalue weighted by molar-refractivity contribution is -0.385. The molecule has 0 spiro atoms. The summed E-state index contributed by atoms with van der Waals surface area (Å²) < 4.78 is 0. The number of likely N-dealkylation sites (tertiary alicyclic amines) is 1. The summed E-state index contributed by atoms with van der Waals surface area (Å²) in [6, 6.07) is 1.05. The average molecular weight is 313 g/mol. The van der Waals surface area contributed by atoms with Crippen LogP contribution in [0.25, 0.3) is 0 Å². The highest BCUT2D eigenvalue weighted by Gasteiger charge is 2.31. The van der Waals surface area contributed by atoms with Gasteiger partial charge in [-0.15, -0.1) is 0 Å². The molecule has 0 bridgehead atoms. The van der Waals surface area contributed by atoms with Gasteiger partial charge in [-0.3, -0.25) is 19.7 Å². The molecule has 21 heavy (non-hydrogen) atoms. The van der Waals surface area contributed by atoms with Crippen LogP contribution in [-0.4, -0.2) is 45.8 Å². The fourth-order valence-electron chi connectivity index (χ4n) is 2.26. The zero-order valence-corrected chi connectivity index (χ0v) is 12.0. The second-order valence-corrected chi connectivity index (χ2v) is 5.11. The molecule has 1 aromatic rings. The number of carbonyl (C=O) groups is 2. The Bertz CT molecular complexity index is 607. The zero-order valence-electron chi connectivity index (χ0n) is 11.2. The zero-order chi connectivity index (χ0) is 15.6. The second-order valence-electron chi connectivity index (χ2n) is 4.72. The molecule has 1 unspecified atom stereocenters. The first-order valence-corrected chi connectivity index (χ1v) is 6.62. The first-order valence-electron chi connectivity index (χ1n) is 6.25. The van der Waals surface area contributed by atoms with E-state index >= 15 is 0 Å². The molecule has 0 radical (unpaired) electrons. The molecule has 0 aliphatic carbocycles. The second kappa shape index (κ2) is 6.04. The number of rotatable bonds is 3. The lowest BCUT2D eigenvalue weighted by Gasteiger charge is -2.16. The molecule has 1 atom stereocenters. The maximum absolute atomic E-state index is 12.4. The number of carbonyl (C=O) groups excluding carboxylic acids is 2. The normalized spacial score (nSPS) is 17.6. The van der Waals surface area contributed by atoms with Crippen molar-refractivity contribution in [1.82, 2.24) is 15.2 Å². The summed E-state index contributed by atoms with van der Waals surface area (Å²) in [6.07, 6.45) is 1.58. The Morgan fingerprint density at radius 3 is 2.90 bits per heavy atom. The van der Waals surface area contributed by atoms with Gasteiger partial charge in [0.1, 0.15) is 16.9 Å². The Hall–Kier alpha value is -2.22. The van der Waals surface area contributed by atoms with Crippen LogP contribution in [-0.2, 0) is 4.79 Å². The number of pyridine rings is 1. The topological polar surface area (TPSA) is 105 Å². The Balaban J connectivity index is 2.19. The molecule has 1 aliphatic heterocycles. The van der Waals surface area contributed by atoms with Crippen molar-refractivity contribution in [3.63, 3.8) is 0 Å². The van der Waals surface area contributed by atoms with Crippen LogP contribution >= 0.6 is 11.6 Å². The molecule has 2 amide bonds. The fraction of sp³-hybridized carbons (Fsp3) is 0.417. The predicted octanol–water partition coefficient (Wildman–Crippen LogP) is 0.994. The number of aromatic nitrogens is 1. The van der Waals surface area contributed by atoms with E-state index in [-0.39, 0.29) is 28.4 Å². The van der Waals surface area contributed by atoms with E-state index in [1.165, 1.54) is 17.9 Å². The number of halogens is 1. The summed E-state index contributed by atoms with van der Waals surface area (Å²) in [5.74, 6) is -0.661. The smallest absolute Gasteiger partial charge is 0.300 e. The van der Waals surface area contributed by atoms with Gasteiger partial charge in [-0.25, -0.2) is 4.98 Å². The third-order valence-electron chi connectivity index (χ3n) is 3.16. The van der Waals surface area contributed by atoms with Gasteiger partial charge in [-0.1, -0.05) is 11.6 Å². The van der Waals surface area contributed by atoms with Crippen molar-refractivity contribution < 1.29 is 14.5 Å². The van der Waals surface area contributed by atoms with E-state index in [9.17, 15) is 19.7 Å². The van der Waals surface area contributed by atoms with Gasteiger partial charge in [-0.05, 0) is 12.5 Å². The lowest BCUT2D eigenvalue weighted by Crippen LogP contribution is -2.37. The van der Waals surface area contributed by atoms with Gasteiger partial charge in [0.2, 0.25) is 5.91 Å². The van der Waals surface area contributed by atoms with Crippen LogP contribution in [0.3, 0.4) is 0 Å². The number of nitro groups is 1. The highest BCUT2D eigenvalue weighted by atomic mass is 35.5. The number of nitrogens with one attached hydrogen (secondary N) is 1. The molecule has 1 aliphatic rings. The minimum Gasteiger partial charge on any atom is -0.352 e. The van der Waals surface area contributed by atoms with E-state index in [1.54, 1.807) is 0 Å². The molecule has 8 nitrogen and oxygen atoms in total. The quantitative estimate of drug-likeness (QED) is 0.509. The first-order chi connectivity index (χ1) is 9.88. The number of hydrogen-bond donors (Lipinski definition) is 1. The van der Waals surface area contributed by atoms with Crippen LogP contribution < -0.4 is 5.32 Å². The summed E-state index contributed by atoms with van der Waals surface area (Å²) in [6.45, 7) is 2.13. The van der Waals surface area contributed by atoms with Crippen LogP contribution in [0.1, 0.15) is 23.7 Å². The standard InChI is InChI=1S/C12H13ClN4O4/c1-7(18)15-8-2-3-16(6-8)12(19)9-4-11(13)14-5-10(9)17(20)21/h4-5,8H,2-3,6H2,1H3,(H,15,18). The van der Waals surface area contributed by atoms with Gasteiger partial charge in [0, 0.05) is 26.1 Å². The molecule has 9 heteroatoms. The molecule has 1 aromatic heterocycles. The molecule has 1 saturated heterocycles. The predicted molar refractivity (Wildman–Crippen MR) is 74.0 cm³/mol. The van der Waals surface area contributed by atoms with E-state index in [1.807, 2.05) is 0 Å². The molecule has 1 N–H and O–H groups in total. The number of nitrogens with zero attached hydrogens (tertiary/aromatic N) is 3. The van der Waals surface area contributed by atoms with E-state index in [0.717, 1.165) is 6.20 Å². The van der Waals surface area contributed by atoms with Gasteiger partial charge in [0.15, 0.2) is 0 Å². The number of amides is 2. The van der Waals surface area contributed by atoms with Crippen LogP contribution in [0, 0.1) is 10.1 Å². The highest BCUT2D eigenvalue weighted by Crippen LogP contribution is 2.23. The summed E-state index contributed by atoms with van der Waals surface area (Å²) in [7, 11) is 0. The molecular formula is C12H13ClN4O4. The summed E-state index contributed by atoms with van der Waals surface area (Å²) >= 11 is 5.71. The summed E-state index contributed by atoms with van der Waals surface area (Å²) in [4.78, 5) is 38.7. The lowest BCUT2D eigenvalue weighted by atomic mass is 10.2. The average Bonchev–Trinajstić information content (AvgIpc) is 2.85. The molecule has 0 saturated carbocycles. The minimum atomic E-state index is -0.669. The van der Waals surface area contributed by atoms with Gasteiger partial charge < -0.3 is 10.2 Å². The van der Waals surface area contributed by atoms with Gasteiger partial charge in [-0.2, -0.15) is 0 Å². The van der Waals surface area contributed by atoms with Crippen molar-refractivity contribution in [2.45, 2.75) is 19.4 Å². The van der Waals surface area contributed by atoms with E-state index in [4.69, 9.17) is 11.6 Å².